The summed E-state index contributed by atoms with van der Waals surface area (Å²) in [6.45, 7) is 4.96. The van der Waals surface area contributed by atoms with Crippen LogP contribution in [0.1, 0.15) is 36.9 Å². The first kappa shape index (κ1) is 13.7. The van der Waals surface area contributed by atoms with E-state index < -0.39 is 0 Å². The van der Waals surface area contributed by atoms with Gasteiger partial charge in [-0.2, -0.15) is 0 Å². The maximum Gasteiger partial charge on any atom is 0.220 e. The topological polar surface area (TPSA) is 41.1 Å². The molecule has 1 aromatic rings. The van der Waals surface area contributed by atoms with E-state index in [0.717, 1.165) is 18.5 Å². The van der Waals surface area contributed by atoms with Crippen molar-refractivity contribution < 1.29 is 4.79 Å². The minimum Gasteiger partial charge on any atom is -0.350 e. The molecule has 0 saturated heterocycles. The lowest BCUT2D eigenvalue weighted by atomic mass is 10.1. The van der Waals surface area contributed by atoms with Crippen LogP contribution in [0.15, 0.2) is 24.3 Å². The molecule has 2 N–H and O–H groups in total. The van der Waals surface area contributed by atoms with Crippen molar-refractivity contribution in [2.45, 2.75) is 32.7 Å². The molecule has 94 valence electrons. The summed E-state index contributed by atoms with van der Waals surface area (Å²) in [7, 11) is 1.90. The molecule has 0 aliphatic heterocycles. The number of aryl methyl sites for hydroxylation is 1. The van der Waals surface area contributed by atoms with Crippen LogP contribution in [0.3, 0.4) is 0 Å². The van der Waals surface area contributed by atoms with Crippen molar-refractivity contribution in [2.75, 3.05) is 13.6 Å². The van der Waals surface area contributed by atoms with Crippen molar-refractivity contribution in [1.82, 2.24) is 10.6 Å². The highest BCUT2D eigenvalue weighted by molar-refractivity contribution is 5.76. The van der Waals surface area contributed by atoms with E-state index in [1.54, 1.807) is 0 Å². The van der Waals surface area contributed by atoms with Gasteiger partial charge in [0.15, 0.2) is 0 Å². The molecule has 1 rings (SSSR count). The first-order valence-corrected chi connectivity index (χ1v) is 6.14. The molecule has 0 unspecified atom stereocenters. The Kier molecular flexibility index (Phi) is 5.70. The third kappa shape index (κ3) is 5.00. The monoisotopic (exact) mass is 234 g/mol. The zero-order valence-corrected chi connectivity index (χ0v) is 10.9. The Morgan fingerprint density at radius 3 is 2.82 bits per heavy atom. The van der Waals surface area contributed by atoms with Gasteiger partial charge in [0.05, 0.1) is 6.04 Å². The molecule has 0 aliphatic rings. The van der Waals surface area contributed by atoms with Gasteiger partial charge in [-0.25, -0.2) is 0 Å². The van der Waals surface area contributed by atoms with Crippen molar-refractivity contribution in [1.29, 1.82) is 0 Å². The Bertz CT molecular complexity index is 363. The molecule has 0 radical (unpaired) electrons. The Hall–Kier alpha value is -1.35. The van der Waals surface area contributed by atoms with Crippen molar-refractivity contribution >= 4 is 5.91 Å². The summed E-state index contributed by atoms with van der Waals surface area (Å²) in [5.41, 5.74) is 2.38. The lowest BCUT2D eigenvalue weighted by Gasteiger charge is -2.14. The quantitative estimate of drug-likeness (QED) is 0.741. The van der Waals surface area contributed by atoms with E-state index >= 15 is 0 Å². The number of carbonyl (C=O) groups is 1. The largest absolute Gasteiger partial charge is 0.350 e. The zero-order valence-electron chi connectivity index (χ0n) is 10.9. The fourth-order valence-electron chi connectivity index (χ4n) is 1.76. The SMILES string of the molecule is CNCCCC(=O)N[C@@H](C)c1cccc(C)c1. The average molecular weight is 234 g/mol. The van der Waals surface area contributed by atoms with Crippen LogP contribution in [0.2, 0.25) is 0 Å². The van der Waals surface area contributed by atoms with Gasteiger partial charge >= 0.3 is 0 Å². The van der Waals surface area contributed by atoms with Crippen LogP contribution in [0, 0.1) is 6.92 Å². The average Bonchev–Trinajstić information content (AvgIpc) is 2.29. The van der Waals surface area contributed by atoms with Crippen LogP contribution >= 0.6 is 0 Å². The van der Waals surface area contributed by atoms with E-state index in [0.29, 0.717) is 6.42 Å². The van der Waals surface area contributed by atoms with E-state index in [2.05, 4.69) is 29.7 Å². The Balaban J connectivity index is 2.43. The molecule has 0 spiro atoms. The van der Waals surface area contributed by atoms with Gasteiger partial charge in [0.1, 0.15) is 0 Å². The second-order valence-corrected chi connectivity index (χ2v) is 4.41. The number of carbonyl (C=O) groups excluding carboxylic acids is 1. The maximum atomic E-state index is 11.6. The molecule has 0 bridgehead atoms. The van der Waals surface area contributed by atoms with Crippen molar-refractivity contribution in [3.8, 4) is 0 Å². The summed E-state index contributed by atoms with van der Waals surface area (Å²) in [5.74, 6) is 0.120. The number of benzene rings is 1. The zero-order chi connectivity index (χ0) is 12.7. The van der Waals surface area contributed by atoms with Crippen LogP contribution in [0.5, 0.6) is 0 Å². The van der Waals surface area contributed by atoms with Crippen LogP contribution < -0.4 is 10.6 Å². The lowest BCUT2D eigenvalue weighted by Crippen LogP contribution is -2.27. The number of hydrogen-bond donors (Lipinski definition) is 2. The molecule has 0 saturated carbocycles. The van der Waals surface area contributed by atoms with Gasteiger partial charge in [-0.05, 0) is 39.4 Å². The van der Waals surface area contributed by atoms with E-state index in [1.807, 2.05) is 26.1 Å². The van der Waals surface area contributed by atoms with E-state index in [-0.39, 0.29) is 11.9 Å². The van der Waals surface area contributed by atoms with Crippen LogP contribution in [0.25, 0.3) is 0 Å². The predicted molar refractivity (Wildman–Crippen MR) is 70.9 cm³/mol. The minimum atomic E-state index is 0.0805. The number of hydrogen-bond acceptors (Lipinski definition) is 2. The minimum absolute atomic E-state index is 0.0805. The number of rotatable bonds is 6. The van der Waals surface area contributed by atoms with Gasteiger partial charge in [-0.15, -0.1) is 0 Å². The maximum absolute atomic E-state index is 11.6. The third-order valence-corrected chi connectivity index (χ3v) is 2.75. The van der Waals surface area contributed by atoms with E-state index in [4.69, 9.17) is 0 Å². The summed E-state index contributed by atoms with van der Waals surface area (Å²) in [4.78, 5) is 11.6. The summed E-state index contributed by atoms with van der Waals surface area (Å²) in [5, 5.41) is 6.05. The third-order valence-electron chi connectivity index (χ3n) is 2.75. The van der Waals surface area contributed by atoms with Crippen molar-refractivity contribution in [3.63, 3.8) is 0 Å². The first-order chi connectivity index (χ1) is 8.13. The summed E-state index contributed by atoms with van der Waals surface area (Å²) in [6.07, 6.45) is 1.46. The normalized spacial score (nSPS) is 12.2. The second-order valence-electron chi connectivity index (χ2n) is 4.41. The van der Waals surface area contributed by atoms with Gasteiger partial charge in [-0.3, -0.25) is 4.79 Å². The highest BCUT2D eigenvalue weighted by atomic mass is 16.1. The Morgan fingerprint density at radius 2 is 2.18 bits per heavy atom. The van der Waals surface area contributed by atoms with Crippen LogP contribution in [0.4, 0.5) is 0 Å². The standard InChI is InChI=1S/C14H22N2O/c1-11-6-4-7-13(10-11)12(2)16-14(17)8-5-9-15-3/h4,6-7,10,12,15H,5,8-9H2,1-3H3,(H,16,17)/t12-/m0/s1. The van der Waals surface area contributed by atoms with Crippen molar-refractivity contribution in [3.05, 3.63) is 35.4 Å². The van der Waals surface area contributed by atoms with Gasteiger partial charge in [0, 0.05) is 6.42 Å². The summed E-state index contributed by atoms with van der Waals surface area (Å²) >= 11 is 0. The Labute approximate surface area is 104 Å². The Morgan fingerprint density at radius 1 is 1.41 bits per heavy atom. The second kappa shape index (κ2) is 7.07. The highest BCUT2D eigenvalue weighted by Crippen LogP contribution is 2.13. The van der Waals surface area contributed by atoms with E-state index in [9.17, 15) is 4.79 Å². The molecule has 1 atom stereocenters. The fraction of sp³-hybridized carbons (Fsp3) is 0.500. The van der Waals surface area contributed by atoms with Gasteiger partial charge in [-0.1, -0.05) is 29.8 Å². The molecule has 0 fully saturated rings. The molecule has 3 heteroatoms. The highest BCUT2D eigenvalue weighted by Gasteiger charge is 2.08. The van der Waals surface area contributed by atoms with Crippen molar-refractivity contribution in [2.24, 2.45) is 0 Å². The fourth-order valence-corrected chi connectivity index (χ4v) is 1.76. The van der Waals surface area contributed by atoms with Crippen LogP contribution in [-0.2, 0) is 4.79 Å². The number of nitrogens with one attached hydrogen (secondary N) is 2. The first-order valence-electron chi connectivity index (χ1n) is 6.14. The lowest BCUT2D eigenvalue weighted by molar-refractivity contribution is -0.121. The smallest absolute Gasteiger partial charge is 0.220 e. The summed E-state index contributed by atoms with van der Waals surface area (Å²) in [6, 6.07) is 8.32. The van der Waals surface area contributed by atoms with E-state index in [1.165, 1.54) is 5.56 Å². The molecule has 1 amide bonds. The van der Waals surface area contributed by atoms with Crippen LogP contribution in [-0.4, -0.2) is 19.5 Å². The molecule has 3 nitrogen and oxygen atoms in total. The molecule has 0 heterocycles. The molecule has 0 aliphatic carbocycles. The molecule has 1 aromatic carbocycles. The molecular formula is C14H22N2O. The predicted octanol–water partition coefficient (Wildman–Crippen LogP) is 2.17. The molecular weight excluding hydrogens is 212 g/mol. The molecule has 17 heavy (non-hydrogen) atoms. The number of amides is 1. The van der Waals surface area contributed by atoms with Gasteiger partial charge in [0.25, 0.3) is 0 Å². The van der Waals surface area contributed by atoms with Gasteiger partial charge < -0.3 is 10.6 Å². The van der Waals surface area contributed by atoms with Gasteiger partial charge in [0.2, 0.25) is 5.91 Å². The summed E-state index contributed by atoms with van der Waals surface area (Å²) < 4.78 is 0. The molecule has 0 aromatic heterocycles.